The quantitative estimate of drug-likeness (QED) is 0.559. The molecule has 1 aliphatic rings. The Bertz CT molecular complexity index is 889. The Hall–Kier alpha value is -1.03. The highest BCUT2D eigenvalue weighted by molar-refractivity contribution is 7.90. The first-order chi connectivity index (χ1) is 13.8. The van der Waals surface area contributed by atoms with Crippen LogP contribution in [0.1, 0.15) is 63.5 Å². The molecule has 2 N–H and O–H groups in total. The molecule has 2 rings (SSSR count). The second kappa shape index (κ2) is 10.1. The minimum absolute atomic E-state index is 0.162. The fraction of sp³-hybridized carbons (Fsp3) is 0.714. The summed E-state index contributed by atoms with van der Waals surface area (Å²) in [4.78, 5) is 0. The van der Waals surface area contributed by atoms with Crippen molar-refractivity contribution in [1.29, 1.82) is 0 Å². The maximum absolute atomic E-state index is 15.2. The molecule has 9 heteroatoms. The fourth-order valence-electron chi connectivity index (χ4n) is 3.92. The van der Waals surface area contributed by atoms with Gasteiger partial charge in [-0.3, -0.25) is 0 Å². The van der Waals surface area contributed by atoms with Crippen LogP contribution in [-0.2, 0) is 26.5 Å². The topological polar surface area (TPSA) is 92.3 Å². The van der Waals surface area contributed by atoms with Crippen molar-refractivity contribution in [1.82, 2.24) is 9.44 Å². The number of hydrogen-bond acceptors (Lipinski definition) is 4. The summed E-state index contributed by atoms with van der Waals surface area (Å²) in [6, 6.07) is 8.19. The highest BCUT2D eigenvalue weighted by Gasteiger charge is 2.38. The van der Waals surface area contributed by atoms with E-state index in [9.17, 15) is 16.8 Å². The van der Waals surface area contributed by atoms with Gasteiger partial charge in [-0.2, -0.15) is 0 Å². The Morgan fingerprint density at radius 1 is 1.03 bits per heavy atom. The van der Waals surface area contributed by atoms with Gasteiger partial charge in [-0.25, -0.2) is 30.7 Å². The molecule has 1 fully saturated rings. The molecule has 0 spiro atoms. The Morgan fingerprint density at radius 2 is 1.60 bits per heavy atom. The smallest absolute Gasteiger partial charge is 0.214 e. The van der Waals surface area contributed by atoms with E-state index in [2.05, 4.69) is 21.6 Å². The average Bonchev–Trinajstić information content (AvgIpc) is 2.66. The van der Waals surface area contributed by atoms with Crippen molar-refractivity contribution in [2.45, 2.75) is 69.7 Å². The van der Waals surface area contributed by atoms with Crippen LogP contribution in [0.2, 0.25) is 0 Å². The van der Waals surface area contributed by atoms with Crippen molar-refractivity contribution < 1.29 is 21.2 Å². The molecule has 0 aromatic heterocycles. The molecule has 1 aliphatic carbocycles. The van der Waals surface area contributed by atoms with Gasteiger partial charge in [-0.15, -0.1) is 0 Å². The Morgan fingerprint density at radius 3 is 2.10 bits per heavy atom. The summed E-state index contributed by atoms with van der Waals surface area (Å²) in [6.45, 7) is 4.85. The van der Waals surface area contributed by atoms with Crippen molar-refractivity contribution in [2.24, 2.45) is 5.92 Å². The first-order valence-electron chi connectivity index (χ1n) is 10.5. The molecule has 1 aromatic rings. The van der Waals surface area contributed by atoms with Crippen LogP contribution in [0.4, 0.5) is 4.39 Å². The highest BCUT2D eigenvalue weighted by Crippen LogP contribution is 2.41. The summed E-state index contributed by atoms with van der Waals surface area (Å²) in [6.07, 6.45) is 4.97. The minimum atomic E-state index is -3.47. The van der Waals surface area contributed by atoms with Crippen LogP contribution in [0.25, 0.3) is 0 Å². The van der Waals surface area contributed by atoms with Crippen molar-refractivity contribution in [3.63, 3.8) is 0 Å². The summed E-state index contributed by atoms with van der Waals surface area (Å²) in [5.74, 6) is 0.206. The number of alkyl halides is 1. The van der Waals surface area contributed by atoms with E-state index in [4.69, 9.17) is 0 Å². The molecule has 1 unspecified atom stereocenters. The van der Waals surface area contributed by atoms with Gasteiger partial charge in [0, 0.05) is 13.1 Å². The lowest BCUT2D eigenvalue weighted by atomic mass is 9.73. The molecule has 0 saturated heterocycles. The molecule has 0 radical (unpaired) electrons. The third kappa shape index (κ3) is 7.59. The number of nitrogens with one attached hydrogen (secondary N) is 2. The van der Waals surface area contributed by atoms with Crippen LogP contribution < -0.4 is 9.44 Å². The fourth-order valence-corrected chi connectivity index (χ4v) is 5.21. The van der Waals surface area contributed by atoms with Crippen LogP contribution >= 0.6 is 0 Å². The maximum Gasteiger partial charge on any atom is 0.214 e. The molecule has 1 saturated carbocycles. The van der Waals surface area contributed by atoms with Crippen LogP contribution in [0.15, 0.2) is 24.3 Å². The molecule has 0 heterocycles. The van der Waals surface area contributed by atoms with Gasteiger partial charge in [0.15, 0.2) is 0 Å². The van der Waals surface area contributed by atoms with Crippen LogP contribution in [0.5, 0.6) is 0 Å². The van der Waals surface area contributed by atoms with E-state index in [0.29, 0.717) is 18.9 Å². The predicted octanol–water partition coefficient (Wildman–Crippen LogP) is 3.11. The molecule has 1 aromatic carbocycles. The molecule has 0 amide bonds. The highest BCUT2D eigenvalue weighted by atomic mass is 32.2. The summed E-state index contributed by atoms with van der Waals surface area (Å²) < 4.78 is 66.2. The Labute approximate surface area is 181 Å². The average molecular weight is 463 g/mol. The summed E-state index contributed by atoms with van der Waals surface area (Å²) >= 11 is 0. The van der Waals surface area contributed by atoms with E-state index in [1.54, 1.807) is 13.8 Å². The summed E-state index contributed by atoms with van der Waals surface area (Å²) in [5, 5.41) is -0.575. The molecular weight excluding hydrogens is 427 g/mol. The normalized spacial score (nSPS) is 22.7. The number of halogens is 1. The third-order valence-corrected chi connectivity index (χ3v) is 8.56. The van der Waals surface area contributed by atoms with Gasteiger partial charge >= 0.3 is 0 Å². The van der Waals surface area contributed by atoms with E-state index in [1.165, 1.54) is 12.5 Å². The lowest BCUT2D eigenvalue weighted by molar-refractivity contribution is 0.0751. The number of rotatable bonds is 10. The number of sulfonamides is 2. The lowest BCUT2D eigenvalue weighted by Gasteiger charge is -2.36. The van der Waals surface area contributed by atoms with Gasteiger partial charge in [-0.05, 0) is 75.8 Å². The first-order valence-corrected chi connectivity index (χ1v) is 13.9. The molecular formula is C21H35FN2O4S2. The first kappa shape index (κ1) is 25.2. The Balaban J connectivity index is 1.86. The van der Waals surface area contributed by atoms with Gasteiger partial charge < -0.3 is 0 Å². The van der Waals surface area contributed by atoms with Gasteiger partial charge in [0.1, 0.15) is 5.67 Å². The molecule has 6 nitrogen and oxygen atoms in total. The monoisotopic (exact) mass is 462 g/mol. The van der Waals surface area contributed by atoms with Crippen LogP contribution in [0, 0.1) is 5.92 Å². The van der Waals surface area contributed by atoms with Crippen molar-refractivity contribution in [3.8, 4) is 0 Å². The second-order valence-electron chi connectivity index (χ2n) is 8.90. The number of benzene rings is 1. The van der Waals surface area contributed by atoms with E-state index in [0.717, 1.165) is 37.5 Å². The summed E-state index contributed by atoms with van der Waals surface area (Å²) in [5.41, 5.74) is 0.718. The lowest BCUT2D eigenvalue weighted by Crippen LogP contribution is -2.45. The zero-order chi connectivity index (χ0) is 22.6. The second-order valence-corrected chi connectivity index (χ2v) is 13.1. The van der Waals surface area contributed by atoms with E-state index in [-0.39, 0.29) is 12.5 Å². The standard InChI is InChI=1S/C21H35FN2O4S2/c1-16(2)30(27,28)24-15-21(3,22)20-11-9-19(10-12-20)18-7-5-17(6-8-18)13-14-23-29(4,25)26/h5-8,16,19-20,23-24H,9-15H2,1-4H3. The maximum atomic E-state index is 15.2. The van der Waals surface area contributed by atoms with Gasteiger partial charge in [0.2, 0.25) is 20.0 Å². The molecule has 0 bridgehead atoms. The molecule has 1 atom stereocenters. The predicted molar refractivity (Wildman–Crippen MR) is 119 cm³/mol. The van der Waals surface area contributed by atoms with Crippen molar-refractivity contribution in [2.75, 3.05) is 19.3 Å². The number of hydrogen-bond donors (Lipinski definition) is 2. The van der Waals surface area contributed by atoms with E-state index >= 15 is 4.39 Å². The van der Waals surface area contributed by atoms with Crippen LogP contribution in [0.3, 0.4) is 0 Å². The largest absolute Gasteiger partial charge is 0.242 e. The Kier molecular flexibility index (Phi) is 8.46. The van der Waals surface area contributed by atoms with Crippen molar-refractivity contribution >= 4 is 20.0 Å². The SMILES string of the molecule is CC(C)S(=O)(=O)NCC(C)(F)C1CCC(c2ccc(CCNS(C)(=O)=O)cc2)CC1. The van der Waals surface area contributed by atoms with Gasteiger partial charge in [0.25, 0.3) is 0 Å². The minimum Gasteiger partial charge on any atom is -0.242 e. The molecule has 172 valence electrons. The molecule has 30 heavy (non-hydrogen) atoms. The van der Waals surface area contributed by atoms with E-state index < -0.39 is 31.0 Å². The van der Waals surface area contributed by atoms with Gasteiger partial charge in [0.05, 0.1) is 11.5 Å². The van der Waals surface area contributed by atoms with Crippen molar-refractivity contribution in [3.05, 3.63) is 35.4 Å². The third-order valence-electron chi connectivity index (χ3n) is 6.05. The molecule has 0 aliphatic heterocycles. The zero-order valence-corrected chi connectivity index (χ0v) is 20.0. The summed E-state index contributed by atoms with van der Waals surface area (Å²) in [7, 11) is -6.64. The van der Waals surface area contributed by atoms with E-state index in [1.807, 2.05) is 12.1 Å². The van der Waals surface area contributed by atoms with Crippen LogP contribution in [-0.4, -0.2) is 47.1 Å². The van der Waals surface area contributed by atoms with Gasteiger partial charge in [-0.1, -0.05) is 24.3 Å². The zero-order valence-electron chi connectivity index (χ0n) is 18.3.